The molecule has 1 aromatic heterocycles. The Hall–Kier alpha value is -3.17. The van der Waals surface area contributed by atoms with E-state index in [4.69, 9.17) is 21.1 Å². The number of benzene rings is 2. The van der Waals surface area contributed by atoms with Crippen LogP contribution in [0.1, 0.15) is 27.7 Å². The zero-order valence-electron chi connectivity index (χ0n) is 16.8. The summed E-state index contributed by atoms with van der Waals surface area (Å²) in [5.41, 5.74) is 1.20. The van der Waals surface area contributed by atoms with Gasteiger partial charge in [0.05, 0.1) is 14.2 Å². The summed E-state index contributed by atoms with van der Waals surface area (Å²) in [7, 11) is 3.04. The topological polar surface area (TPSA) is 93.7 Å². The summed E-state index contributed by atoms with van der Waals surface area (Å²) >= 11 is 7.19. The first kappa shape index (κ1) is 21.1. The van der Waals surface area contributed by atoms with Crippen LogP contribution in [0.15, 0.2) is 42.5 Å². The number of halogens is 1. The van der Waals surface area contributed by atoms with Crippen molar-refractivity contribution in [3.63, 3.8) is 0 Å². The van der Waals surface area contributed by atoms with E-state index in [0.29, 0.717) is 45.2 Å². The molecule has 0 aliphatic carbocycles. The van der Waals surface area contributed by atoms with E-state index >= 15 is 0 Å². The molecule has 1 N–H and O–H groups in total. The molecule has 3 aromatic rings. The normalized spacial score (nSPS) is 15.8. The second-order valence-electron chi connectivity index (χ2n) is 6.85. The van der Waals surface area contributed by atoms with E-state index in [1.807, 2.05) is 12.1 Å². The lowest BCUT2D eigenvalue weighted by atomic mass is 10.1. The zero-order chi connectivity index (χ0) is 22.0. The fourth-order valence-corrected chi connectivity index (χ4v) is 4.30. The number of anilines is 2. The molecule has 1 aliphatic heterocycles. The zero-order valence-corrected chi connectivity index (χ0v) is 18.4. The minimum Gasteiger partial charge on any atom is -0.493 e. The second-order valence-corrected chi connectivity index (χ2v) is 8.30. The smallest absolute Gasteiger partial charge is 0.257 e. The van der Waals surface area contributed by atoms with Crippen LogP contribution in [0.2, 0.25) is 5.02 Å². The molecule has 1 aliphatic rings. The number of rotatable bonds is 6. The van der Waals surface area contributed by atoms with Crippen molar-refractivity contribution in [1.29, 1.82) is 0 Å². The van der Waals surface area contributed by atoms with Crippen molar-refractivity contribution in [3.05, 3.63) is 58.1 Å². The third-order valence-corrected chi connectivity index (χ3v) is 6.17. The summed E-state index contributed by atoms with van der Waals surface area (Å²) in [5.74, 6) is 0.577. The van der Waals surface area contributed by atoms with Gasteiger partial charge in [0.2, 0.25) is 11.0 Å². The van der Waals surface area contributed by atoms with Gasteiger partial charge in [0.25, 0.3) is 5.91 Å². The predicted molar refractivity (Wildman–Crippen MR) is 119 cm³/mol. The maximum atomic E-state index is 12.6. The number of nitrogens with zero attached hydrogens (tertiary/aromatic N) is 3. The summed E-state index contributed by atoms with van der Waals surface area (Å²) in [6.07, 6.45) is 0.334. The highest BCUT2D eigenvalue weighted by Gasteiger charge is 2.34. The average molecular weight is 459 g/mol. The van der Waals surface area contributed by atoms with Crippen LogP contribution in [-0.4, -0.2) is 42.8 Å². The monoisotopic (exact) mass is 458 g/mol. The summed E-state index contributed by atoms with van der Waals surface area (Å²) in [5, 5.41) is 12.7. The van der Waals surface area contributed by atoms with Gasteiger partial charge in [-0.25, -0.2) is 0 Å². The molecule has 1 saturated heterocycles. The van der Waals surface area contributed by atoms with E-state index in [2.05, 4.69) is 15.5 Å². The van der Waals surface area contributed by atoms with Crippen LogP contribution in [-0.2, 0) is 4.79 Å². The molecule has 0 unspecified atom stereocenters. The van der Waals surface area contributed by atoms with Crippen LogP contribution < -0.4 is 19.7 Å². The maximum Gasteiger partial charge on any atom is 0.257 e. The Bertz CT molecular complexity index is 1120. The summed E-state index contributed by atoms with van der Waals surface area (Å²) in [4.78, 5) is 26.8. The molecule has 10 heteroatoms. The fraction of sp³-hybridized carbons (Fsp3) is 0.238. The van der Waals surface area contributed by atoms with Gasteiger partial charge in [-0.1, -0.05) is 22.9 Å². The molecular weight excluding hydrogens is 440 g/mol. The van der Waals surface area contributed by atoms with Gasteiger partial charge in [0.15, 0.2) is 11.5 Å². The van der Waals surface area contributed by atoms with Gasteiger partial charge in [-0.15, -0.1) is 10.2 Å². The molecule has 0 radical (unpaired) electrons. The summed E-state index contributed by atoms with van der Waals surface area (Å²) < 4.78 is 10.4. The van der Waals surface area contributed by atoms with Crippen LogP contribution >= 0.6 is 22.9 Å². The lowest BCUT2D eigenvalue weighted by molar-refractivity contribution is -0.117. The molecule has 0 bridgehead atoms. The number of hydrogen-bond acceptors (Lipinski definition) is 7. The van der Waals surface area contributed by atoms with Gasteiger partial charge in [-0.3, -0.25) is 14.9 Å². The Kier molecular flexibility index (Phi) is 6.06. The molecule has 160 valence electrons. The third-order valence-electron chi connectivity index (χ3n) is 4.92. The largest absolute Gasteiger partial charge is 0.493 e. The Morgan fingerprint density at radius 1 is 1.13 bits per heavy atom. The predicted octanol–water partition coefficient (Wildman–Crippen LogP) is 3.98. The summed E-state index contributed by atoms with van der Waals surface area (Å²) in [6, 6.07) is 12.0. The van der Waals surface area contributed by atoms with Crippen molar-refractivity contribution >= 4 is 45.6 Å². The molecule has 8 nitrogen and oxygen atoms in total. The summed E-state index contributed by atoms with van der Waals surface area (Å²) in [6.45, 7) is 0.499. The Morgan fingerprint density at radius 2 is 1.87 bits per heavy atom. The number of methoxy groups -OCH3 is 2. The standard InChI is InChI=1S/C21H19ClN4O4S/c1-29-16-8-3-12(9-17(16)30-2)19(28)23-21-25-24-20(31-21)13-10-18(27)26(11-13)15-6-4-14(22)5-7-15/h3-9,13H,10-11H2,1-2H3,(H,23,25,28)/t13-/m0/s1. The number of amides is 2. The minimum absolute atomic E-state index is 0.0124. The highest BCUT2D eigenvalue weighted by molar-refractivity contribution is 7.15. The van der Waals surface area contributed by atoms with Crippen molar-refractivity contribution in [2.45, 2.75) is 12.3 Å². The lowest BCUT2D eigenvalue weighted by Gasteiger charge is -2.16. The molecular formula is C21H19ClN4O4S. The van der Waals surface area contributed by atoms with Crippen molar-refractivity contribution in [2.24, 2.45) is 0 Å². The van der Waals surface area contributed by atoms with Crippen LogP contribution in [0.4, 0.5) is 10.8 Å². The molecule has 4 rings (SSSR count). The van der Waals surface area contributed by atoms with Crippen LogP contribution in [0.5, 0.6) is 11.5 Å². The molecule has 2 amide bonds. The number of carbonyl (C=O) groups is 2. The van der Waals surface area contributed by atoms with Crippen molar-refractivity contribution < 1.29 is 19.1 Å². The SMILES string of the molecule is COc1ccc(C(=O)Nc2nnc([C@H]3CC(=O)N(c4ccc(Cl)cc4)C3)s2)cc1OC. The first-order valence-electron chi connectivity index (χ1n) is 9.41. The van der Waals surface area contributed by atoms with Crippen molar-refractivity contribution in [1.82, 2.24) is 10.2 Å². The van der Waals surface area contributed by atoms with Gasteiger partial charge < -0.3 is 14.4 Å². The highest BCUT2D eigenvalue weighted by Crippen LogP contribution is 2.35. The maximum absolute atomic E-state index is 12.6. The van der Waals surface area contributed by atoms with Gasteiger partial charge in [-0.05, 0) is 42.5 Å². The van der Waals surface area contributed by atoms with E-state index in [-0.39, 0.29) is 17.7 Å². The first-order valence-corrected chi connectivity index (χ1v) is 10.6. The number of hydrogen-bond donors (Lipinski definition) is 1. The average Bonchev–Trinajstić information content (AvgIpc) is 3.40. The molecule has 2 heterocycles. The lowest BCUT2D eigenvalue weighted by Crippen LogP contribution is -2.24. The van der Waals surface area contributed by atoms with Crippen LogP contribution in [0, 0.1) is 0 Å². The van der Waals surface area contributed by atoms with E-state index < -0.39 is 0 Å². The van der Waals surface area contributed by atoms with Crippen molar-refractivity contribution in [3.8, 4) is 11.5 Å². The van der Waals surface area contributed by atoms with Crippen LogP contribution in [0.25, 0.3) is 0 Å². The van der Waals surface area contributed by atoms with Gasteiger partial charge in [0.1, 0.15) is 5.01 Å². The molecule has 1 atom stereocenters. The van der Waals surface area contributed by atoms with E-state index in [0.717, 1.165) is 5.69 Å². The van der Waals surface area contributed by atoms with Crippen LogP contribution in [0.3, 0.4) is 0 Å². The second kappa shape index (κ2) is 8.91. The van der Waals surface area contributed by atoms with Gasteiger partial charge >= 0.3 is 0 Å². The van der Waals surface area contributed by atoms with Crippen molar-refractivity contribution in [2.75, 3.05) is 31.0 Å². The molecule has 2 aromatic carbocycles. The van der Waals surface area contributed by atoms with E-state index in [1.165, 1.54) is 25.6 Å². The Morgan fingerprint density at radius 3 is 2.58 bits per heavy atom. The highest BCUT2D eigenvalue weighted by atomic mass is 35.5. The molecule has 31 heavy (non-hydrogen) atoms. The van der Waals surface area contributed by atoms with Gasteiger partial charge in [-0.2, -0.15) is 0 Å². The third kappa shape index (κ3) is 4.47. The molecule has 1 fully saturated rings. The fourth-order valence-electron chi connectivity index (χ4n) is 3.34. The van der Waals surface area contributed by atoms with E-state index in [1.54, 1.807) is 35.2 Å². The minimum atomic E-state index is -0.339. The number of aromatic nitrogens is 2. The number of ether oxygens (including phenoxy) is 2. The first-order chi connectivity index (χ1) is 15.0. The van der Waals surface area contributed by atoms with Gasteiger partial charge in [0, 0.05) is 35.2 Å². The molecule has 0 spiro atoms. The Labute approximate surface area is 187 Å². The quantitative estimate of drug-likeness (QED) is 0.600. The molecule has 0 saturated carbocycles. The number of nitrogens with one attached hydrogen (secondary N) is 1. The van der Waals surface area contributed by atoms with E-state index in [9.17, 15) is 9.59 Å². The Balaban J connectivity index is 1.44. The number of carbonyl (C=O) groups excluding carboxylic acids is 2.